The van der Waals surface area contributed by atoms with Gasteiger partial charge in [0, 0.05) is 17.8 Å². The van der Waals surface area contributed by atoms with Crippen LogP contribution in [0.15, 0.2) is 42.5 Å². The van der Waals surface area contributed by atoms with E-state index in [0.717, 1.165) is 0 Å². The van der Waals surface area contributed by atoms with Gasteiger partial charge in [-0.3, -0.25) is 19.3 Å². The molecule has 3 amide bonds. The van der Waals surface area contributed by atoms with Gasteiger partial charge in [0.15, 0.2) is 0 Å². The maximum absolute atomic E-state index is 12.4. The molecule has 0 atom stereocenters. The highest BCUT2D eigenvalue weighted by molar-refractivity contribution is 6.22. The van der Waals surface area contributed by atoms with E-state index in [1.165, 1.54) is 41.3 Å². The number of amides is 3. The third-order valence-corrected chi connectivity index (χ3v) is 4.05. The summed E-state index contributed by atoms with van der Waals surface area (Å²) in [5.74, 6) is -2.36. The molecule has 7 heteroatoms. The molecule has 0 bridgehead atoms. The fourth-order valence-corrected chi connectivity index (χ4v) is 2.79. The number of hydrogen-bond donors (Lipinski definition) is 2. The summed E-state index contributed by atoms with van der Waals surface area (Å²) in [4.78, 5) is 49.2. The minimum Gasteiger partial charge on any atom is -0.478 e. The van der Waals surface area contributed by atoms with Gasteiger partial charge in [-0.15, -0.1) is 0 Å². The van der Waals surface area contributed by atoms with Gasteiger partial charge in [0.05, 0.1) is 16.7 Å². The first-order valence-electron chi connectivity index (χ1n) is 8.07. The molecule has 0 saturated heterocycles. The Kier molecular flexibility index (Phi) is 4.53. The van der Waals surface area contributed by atoms with Crippen LogP contribution in [0.25, 0.3) is 0 Å². The second-order valence-electron chi connectivity index (χ2n) is 5.86. The highest BCUT2D eigenvalue weighted by atomic mass is 16.4. The lowest BCUT2D eigenvalue weighted by Crippen LogP contribution is -2.30. The van der Waals surface area contributed by atoms with Crippen molar-refractivity contribution in [3.63, 3.8) is 0 Å². The minimum absolute atomic E-state index is 0.0488. The topological polar surface area (TPSA) is 104 Å². The van der Waals surface area contributed by atoms with Crippen molar-refractivity contribution in [1.29, 1.82) is 0 Å². The van der Waals surface area contributed by atoms with Crippen LogP contribution in [-0.2, 0) is 0 Å². The zero-order valence-corrected chi connectivity index (χ0v) is 14.0. The fraction of sp³-hybridized carbons (Fsp3) is 0.158. The second kappa shape index (κ2) is 6.79. The molecule has 2 N–H and O–H groups in total. The van der Waals surface area contributed by atoms with Gasteiger partial charge in [-0.2, -0.15) is 0 Å². The standard InChI is InChI=1S/C19H16N2O5/c1-2-8-21-17(23)14-7-6-11(10-15(14)18(21)24)16(22)20-13-5-3-4-12(9-13)19(25)26/h3-7,9-10H,2,8H2,1H3,(H,20,22)(H,25,26). The van der Waals surface area contributed by atoms with Gasteiger partial charge in [0.1, 0.15) is 0 Å². The number of carboxylic acids is 1. The van der Waals surface area contributed by atoms with Gasteiger partial charge in [0.2, 0.25) is 0 Å². The number of carboxylic acid groups (broad SMARTS) is 1. The van der Waals surface area contributed by atoms with E-state index in [4.69, 9.17) is 5.11 Å². The van der Waals surface area contributed by atoms with Crippen molar-refractivity contribution in [1.82, 2.24) is 4.90 Å². The molecule has 7 nitrogen and oxygen atoms in total. The maximum Gasteiger partial charge on any atom is 0.335 e. The van der Waals surface area contributed by atoms with Gasteiger partial charge in [-0.25, -0.2) is 4.79 Å². The number of rotatable bonds is 5. The van der Waals surface area contributed by atoms with Crippen LogP contribution in [-0.4, -0.2) is 40.2 Å². The number of imide groups is 1. The van der Waals surface area contributed by atoms with E-state index in [9.17, 15) is 19.2 Å². The summed E-state index contributed by atoms with van der Waals surface area (Å²) >= 11 is 0. The molecule has 0 spiro atoms. The van der Waals surface area contributed by atoms with Gasteiger partial charge in [-0.05, 0) is 42.8 Å². The van der Waals surface area contributed by atoms with E-state index < -0.39 is 17.8 Å². The van der Waals surface area contributed by atoms with Crippen molar-refractivity contribution >= 4 is 29.4 Å². The number of aromatic carboxylic acids is 1. The number of benzene rings is 2. The van der Waals surface area contributed by atoms with Crippen LogP contribution in [0.4, 0.5) is 5.69 Å². The number of fused-ring (bicyclic) bond motifs is 1. The normalized spacial score (nSPS) is 12.9. The molecule has 3 rings (SSSR count). The average Bonchev–Trinajstić information content (AvgIpc) is 2.87. The average molecular weight is 352 g/mol. The van der Waals surface area contributed by atoms with Gasteiger partial charge in [-0.1, -0.05) is 13.0 Å². The third kappa shape index (κ3) is 3.06. The highest BCUT2D eigenvalue weighted by Gasteiger charge is 2.35. The highest BCUT2D eigenvalue weighted by Crippen LogP contribution is 2.24. The van der Waals surface area contributed by atoms with E-state index in [0.29, 0.717) is 18.7 Å². The quantitative estimate of drug-likeness (QED) is 0.805. The fourth-order valence-electron chi connectivity index (χ4n) is 2.79. The molecule has 1 heterocycles. The lowest BCUT2D eigenvalue weighted by molar-refractivity contribution is 0.0650. The second-order valence-corrected chi connectivity index (χ2v) is 5.86. The lowest BCUT2D eigenvalue weighted by atomic mass is 10.1. The largest absolute Gasteiger partial charge is 0.478 e. The summed E-state index contributed by atoms with van der Waals surface area (Å²) in [6, 6.07) is 10.2. The number of carbonyl (C=O) groups is 4. The predicted molar refractivity (Wildman–Crippen MR) is 93.5 cm³/mol. The number of hydrogen-bond acceptors (Lipinski definition) is 4. The minimum atomic E-state index is -1.10. The molecular formula is C19H16N2O5. The van der Waals surface area contributed by atoms with Crippen LogP contribution in [0.1, 0.15) is 54.8 Å². The molecule has 2 aromatic carbocycles. The molecule has 0 saturated carbocycles. The van der Waals surface area contributed by atoms with Crippen molar-refractivity contribution < 1.29 is 24.3 Å². The van der Waals surface area contributed by atoms with Crippen LogP contribution >= 0.6 is 0 Å². The van der Waals surface area contributed by atoms with Crippen molar-refractivity contribution in [2.75, 3.05) is 11.9 Å². The summed E-state index contributed by atoms with van der Waals surface area (Å²) < 4.78 is 0. The molecule has 0 unspecified atom stereocenters. The SMILES string of the molecule is CCCN1C(=O)c2ccc(C(=O)Nc3cccc(C(=O)O)c3)cc2C1=O. The molecule has 0 fully saturated rings. The van der Waals surface area contributed by atoms with Crippen molar-refractivity contribution in [3.8, 4) is 0 Å². The van der Waals surface area contributed by atoms with Crippen LogP contribution in [0.5, 0.6) is 0 Å². The Balaban J connectivity index is 1.85. The first kappa shape index (κ1) is 17.3. The molecule has 1 aliphatic rings. The number of anilines is 1. The van der Waals surface area contributed by atoms with Crippen molar-refractivity contribution in [2.45, 2.75) is 13.3 Å². The Morgan fingerprint density at radius 1 is 1.00 bits per heavy atom. The summed E-state index contributed by atoms with van der Waals surface area (Å²) in [5.41, 5.74) is 1.07. The van der Waals surface area contributed by atoms with E-state index in [2.05, 4.69) is 5.32 Å². The molecule has 0 radical (unpaired) electrons. The zero-order valence-electron chi connectivity index (χ0n) is 14.0. The van der Waals surface area contributed by atoms with E-state index in [1.807, 2.05) is 6.92 Å². The number of nitrogens with zero attached hydrogens (tertiary/aromatic N) is 1. The Hall–Kier alpha value is -3.48. The number of nitrogens with one attached hydrogen (secondary N) is 1. The van der Waals surface area contributed by atoms with Crippen LogP contribution in [0.3, 0.4) is 0 Å². The molecule has 26 heavy (non-hydrogen) atoms. The Labute approximate surface area is 149 Å². The summed E-state index contributed by atoms with van der Waals surface area (Å²) in [6.07, 6.45) is 0.652. The molecular weight excluding hydrogens is 336 g/mol. The zero-order chi connectivity index (χ0) is 18.8. The molecule has 0 aliphatic carbocycles. The van der Waals surface area contributed by atoms with Crippen LogP contribution < -0.4 is 5.32 Å². The summed E-state index contributed by atoms with van der Waals surface area (Å²) in [7, 11) is 0. The molecule has 0 aromatic heterocycles. The van der Waals surface area contributed by atoms with Gasteiger partial charge < -0.3 is 10.4 Å². The summed E-state index contributed by atoms with van der Waals surface area (Å²) in [6.45, 7) is 2.20. The van der Waals surface area contributed by atoms with Gasteiger partial charge in [0.25, 0.3) is 17.7 Å². The van der Waals surface area contributed by atoms with E-state index in [1.54, 1.807) is 6.07 Å². The monoisotopic (exact) mass is 352 g/mol. The van der Waals surface area contributed by atoms with E-state index in [-0.39, 0.29) is 28.2 Å². The van der Waals surface area contributed by atoms with Crippen molar-refractivity contribution in [3.05, 3.63) is 64.7 Å². The van der Waals surface area contributed by atoms with Gasteiger partial charge >= 0.3 is 5.97 Å². The molecule has 132 valence electrons. The lowest BCUT2D eigenvalue weighted by Gasteiger charge is -2.11. The van der Waals surface area contributed by atoms with Crippen molar-refractivity contribution in [2.24, 2.45) is 0 Å². The Morgan fingerprint density at radius 2 is 1.73 bits per heavy atom. The van der Waals surface area contributed by atoms with Crippen LogP contribution in [0.2, 0.25) is 0 Å². The van der Waals surface area contributed by atoms with E-state index >= 15 is 0 Å². The Bertz CT molecular complexity index is 935. The predicted octanol–water partition coefficient (Wildman–Crippen LogP) is 2.64. The summed E-state index contributed by atoms with van der Waals surface area (Å²) in [5, 5.41) is 11.6. The molecule has 2 aromatic rings. The van der Waals surface area contributed by atoms with Crippen LogP contribution in [0, 0.1) is 0 Å². The maximum atomic E-state index is 12.4. The third-order valence-electron chi connectivity index (χ3n) is 4.05. The first-order chi connectivity index (χ1) is 12.4. The smallest absolute Gasteiger partial charge is 0.335 e. The Morgan fingerprint density at radius 3 is 2.42 bits per heavy atom. The molecule has 1 aliphatic heterocycles. The number of carbonyl (C=O) groups excluding carboxylic acids is 3. The first-order valence-corrected chi connectivity index (χ1v) is 8.07.